The van der Waals surface area contributed by atoms with Crippen molar-refractivity contribution in [2.75, 3.05) is 5.32 Å². The van der Waals surface area contributed by atoms with Crippen molar-refractivity contribution in [1.82, 2.24) is 14.3 Å². The van der Waals surface area contributed by atoms with Gasteiger partial charge in [0.2, 0.25) is 0 Å². The summed E-state index contributed by atoms with van der Waals surface area (Å²) in [6, 6.07) is 15.8. The third-order valence-corrected chi connectivity index (χ3v) is 4.82. The molecule has 3 aromatic heterocycles. The lowest BCUT2D eigenvalue weighted by Gasteiger charge is -2.04. The number of aromatic nitrogens is 3. The fourth-order valence-electron chi connectivity index (χ4n) is 2.74. The Bertz CT molecular complexity index is 997. The van der Waals surface area contributed by atoms with Gasteiger partial charge in [0.15, 0.2) is 5.82 Å². The zero-order chi connectivity index (χ0) is 16.5. The smallest absolute Gasteiger partial charge is 0.273 e. The van der Waals surface area contributed by atoms with Crippen LogP contribution in [0.1, 0.15) is 16.1 Å². The lowest BCUT2D eigenvalue weighted by molar-refractivity contribution is 0.101. The first-order valence-corrected chi connectivity index (χ1v) is 8.50. The molecule has 5 nitrogen and oxygen atoms in total. The van der Waals surface area contributed by atoms with Crippen LogP contribution in [0, 0.1) is 0 Å². The van der Waals surface area contributed by atoms with Crippen molar-refractivity contribution in [1.29, 1.82) is 0 Å². The van der Waals surface area contributed by atoms with Crippen LogP contribution in [0.3, 0.4) is 0 Å². The number of aryl methyl sites for hydroxylation is 1. The lowest BCUT2D eigenvalue weighted by Crippen LogP contribution is -2.16. The molecule has 0 bridgehead atoms. The number of carbonyl (C=O) groups is 1. The van der Waals surface area contributed by atoms with Gasteiger partial charge in [0.25, 0.3) is 5.91 Å². The Morgan fingerprint density at radius 3 is 2.83 bits per heavy atom. The number of hydrogen-bond acceptors (Lipinski definition) is 3. The Hall–Kier alpha value is -2.86. The normalized spacial score (nSPS) is 11.0. The van der Waals surface area contributed by atoms with Crippen LogP contribution >= 0.6 is 11.3 Å². The molecule has 4 rings (SSSR count). The van der Waals surface area contributed by atoms with Crippen molar-refractivity contribution in [2.24, 2.45) is 7.05 Å². The number of thiophene rings is 1. The average molecular weight is 336 g/mol. The van der Waals surface area contributed by atoms with Crippen LogP contribution in [0.5, 0.6) is 0 Å². The van der Waals surface area contributed by atoms with Gasteiger partial charge >= 0.3 is 0 Å². The number of nitrogens with one attached hydrogen (secondary N) is 1. The van der Waals surface area contributed by atoms with Gasteiger partial charge < -0.3 is 9.88 Å². The Labute approximate surface area is 143 Å². The van der Waals surface area contributed by atoms with E-state index in [1.165, 1.54) is 5.56 Å². The van der Waals surface area contributed by atoms with Gasteiger partial charge in [0.05, 0.1) is 16.8 Å². The van der Waals surface area contributed by atoms with Crippen molar-refractivity contribution < 1.29 is 4.79 Å². The first-order chi connectivity index (χ1) is 11.7. The summed E-state index contributed by atoms with van der Waals surface area (Å²) in [6.45, 7) is 0.677. The topological polar surface area (TPSA) is 51.9 Å². The van der Waals surface area contributed by atoms with Crippen molar-refractivity contribution in [3.05, 3.63) is 71.4 Å². The standard InChI is InChI=1S/C18H16N4OS/c1-21-14-8-10-24-16(14)11-15(21)18(23)19-17-7-9-22(20-17)12-13-5-3-2-4-6-13/h2-11H,12H2,1H3,(H,19,20,23). The molecule has 6 heteroatoms. The largest absolute Gasteiger partial charge is 0.339 e. The molecular weight excluding hydrogens is 320 g/mol. The molecule has 0 unspecified atom stereocenters. The average Bonchev–Trinajstić information content (AvgIpc) is 3.27. The maximum absolute atomic E-state index is 12.5. The van der Waals surface area contributed by atoms with Crippen LogP contribution in [0.2, 0.25) is 0 Å². The van der Waals surface area contributed by atoms with E-state index in [9.17, 15) is 4.79 Å². The highest BCUT2D eigenvalue weighted by Gasteiger charge is 2.15. The maximum atomic E-state index is 12.5. The zero-order valence-electron chi connectivity index (χ0n) is 13.1. The number of hydrogen-bond donors (Lipinski definition) is 1. The van der Waals surface area contributed by atoms with E-state index in [1.807, 2.05) is 64.3 Å². The molecule has 0 aliphatic heterocycles. The van der Waals surface area contributed by atoms with Crippen molar-refractivity contribution in [3.63, 3.8) is 0 Å². The molecule has 4 aromatic rings. The molecule has 0 saturated carbocycles. The second-order valence-electron chi connectivity index (χ2n) is 5.60. The summed E-state index contributed by atoms with van der Waals surface area (Å²) in [5, 5.41) is 9.31. The molecule has 0 radical (unpaired) electrons. The molecule has 0 aliphatic rings. The highest BCUT2D eigenvalue weighted by molar-refractivity contribution is 7.17. The fraction of sp³-hybridized carbons (Fsp3) is 0.111. The molecule has 120 valence electrons. The van der Waals surface area contributed by atoms with E-state index < -0.39 is 0 Å². The molecule has 0 atom stereocenters. The van der Waals surface area contributed by atoms with Crippen LogP contribution in [0.15, 0.2) is 60.1 Å². The molecule has 1 amide bonds. The van der Waals surface area contributed by atoms with Gasteiger partial charge in [0.1, 0.15) is 5.69 Å². The molecule has 24 heavy (non-hydrogen) atoms. The minimum Gasteiger partial charge on any atom is -0.339 e. The minimum absolute atomic E-state index is 0.147. The minimum atomic E-state index is -0.147. The predicted molar refractivity (Wildman–Crippen MR) is 96.5 cm³/mol. The third kappa shape index (κ3) is 2.72. The van der Waals surface area contributed by atoms with Crippen molar-refractivity contribution >= 4 is 33.3 Å². The second kappa shape index (κ2) is 5.98. The van der Waals surface area contributed by atoms with Crippen molar-refractivity contribution in [3.8, 4) is 0 Å². The molecule has 1 aromatic carbocycles. The summed E-state index contributed by atoms with van der Waals surface area (Å²) in [4.78, 5) is 12.5. The summed E-state index contributed by atoms with van der Waals surface area (Å²) in [6.07, 6.45) is 1.87. The second-order valence-corrected chi connectivity index (χ2v) is 6.54. The summed E-state index contributed by atoms with van der Waals surface area (Å²) in [7, 11) is 1.90. The molecule has 0 fully saturated rings. The first-order valence-electron chi connectivity index (χ1n) is 7.62. The van der Waals surface area contributed by atoms with Gasteiger partial charge in [-0.2, -0.15) is 5.10 Å². The summed E-state index contributed by atoms with van der Waals surface area (Å²) in [5.74, 6) is 0.409. The molecular formula is C18H16N4OS. The van der Waals surface area contributed by atoms with E-state index in [4.69, 9.17) is 0 Å². The number of nitrogens with zero attached hydrogens (tertiary/aromatic N) is 3. The molecule has 0 aliphatic carbocycles. The number of benzene rings is 1. The Morgan fingerprint density at radius 2 is 2.04 bits per heavy atom. The van der Waals surface area contributed by atoms with Gasteiger partial charge in [-0.25, -0.2) is 0 Å². The maximum Gasteiger partial charge on any atom is 0.273 e. The SMILES string of the molecule is Cn1c(C(=O)Nc2ccn(Cc3ccccc3)n2)cc2sccc21. The number of rotatable bonds is 4. The predicted octanol–water partition coefficient (Wildman–Crippen LogP) is 3.74. The monoisotopic (exact) mass is 336 g/mol. The highest BCUT2D eigenvalue weighted by atomic mass is 32.1. The van der Waals surface area contributed by atoms with Crippen LogP contribution < -0.4 is 5.32 Å². The number of anilines is 1. The van der Waals surface area contributed by atoms with E-state index in [1.54, 1.807) is 11.3 Å². The Balaban J connectivity index is 1.50. The van der Waals surface area contributed by atoms with Gasteiger partial charge in [-0.15, -0.1) is 11.3 Å². The number of amides is 1. The molecule has 0 saturated heterocycles. The Kier molecular flexibility index (Phi) is 3.66. The van der Waals surface area contributed by atoms with Crippen LogP contribution in [0.25, 0.3) is 10.2 Å². The number of carbonyl (C=O) groups excluding carboxylic acids is 1. The third-order valence-electron chi connectivity index (χ3n) is 3.97. The van der Waals surface area contributed by atoms with Gasteiger partial charge in [-0.3, -0.25) is 9.48 Å². The fourth-order valence-corrected chi connectivity index (χ4v) is 3.58. The van der Waals surface area contributed by atoms with Gasteiger partial charge in [-0.05, 0) is 23.1 Å². The summed E-state index contributed by atoms with van der Waals surface area (Å²) >= 11 is 1.63. The molecule has 0 spiro atoms. The van der Waals surface area contributed by atoms with Gasteiger partial charge in [0, 0.05) is 19.3 Å². The van der Waals surface area contributed by atoms with E-state index in [0.717, 1.165) is 10.2 Å². The number of fused-ring (bicyclic) bond motifs is 1. The molecule has 3 heterocycles. The van der Waals surface area contributed by atoms with Gasteiger partial charge in [-0.1, -0.05) is 30.3 Å². The van der Waals surface area contributed by atoms with E-state index in [0.29, 0.717) is 18.1 Å². The lowest BCUT2D eigenvalue weighted by atomic mass is 10.2. The van der Waals surface area contributed by atoms with Crippen molar-refractivity contribution in [2.45, 2.75) is 6.54 Å². The van der Waals surface area contributed by atoms with Crippen LogP contribution in [-0.4, -0.2) is 20.3 Å². The first kappa shape index (κ1) is 14.7. The quantitative estimate of drug-likeness (QED) is 0.617. The van der Waals surface area contributed by atoms with E-state index >= 15 is 0 Å². The summed E-state index contributed by atoms with van der Waals surface area (Å²) < 4.78 is 4.83. The zero-order valence-corrected chi connectivity index (χ0v) is 14.0. The summed E-state index contributed by atoms with van der Waals surface area (Å²) in [5.41, 5.74) is 2.87. The van der Waals surface area contributed by atoms with E-state index in [2.05, 4.69) is 22.5 Å². The molecule has 1 N–H and O–H groups in total. The van der Waals surface area contributed by atoms with Crippen LogP contribution in [0.4, 0.5) is 5.82 Å². The Morgan fingerprint density at radius 1 is 1.21 bits per heavy atom. The van der Waals surface area contributed by atoms with Crippen LogP contribution in [-0.2, 0) is 13.6 Å². The highest BCUT2D eigenvalue weighted by Crippen LogP contribution is 2.24. The van der Waals surface area contributed by atoms with E-state index in [-0.39, 0.29) is 5.91 Å².